The summed E-state index contributed by atoms with van der Waals surface area (Å²) in [5.41, 5.74) is 0.585. The van der Waals surface area contributed by atoms with Gasteiger partial charge in [-0.1, -0.05) is 25.1 Å². The first-order valence-electron chi connectivity index (χ1n) is 8.29. The molecule has 24 heavy (non-hydrogen) atoms. The largest absolute Gasteiger partial charge is 0.336 e. The third-order valence-electron chi connectivity index (χ3n) is 4.59. The van der Waals surface area contributed by atoms with Crippen molar-refractivity contribution in [3.8, 4) is 0 Å². The molecule has 0 saturated carbocycles. The molecule has 3 rings (SSSR count). The highest BCUT2D eigenvalue weighted by Gasteiger charge is 2.32. The fourth-order valence-electron chi connectivity index (χ4n) is 3.26. The minimum atomic E-state index is -0.275. The first kappa shape index (κ1) is 16.6. The lowest BCUT2D eigenvalue weighted by Crippen LogP contribution is -2.51. The molecule has 2 atom stereocenters. The molecular formula is C18H23FN4O. The summed E-state index contributed by atoms with van der Waals surface area (Å²) in [5.74, 6) is 0.391. The van der Waals surface area contributed by atoms with Gasteiger partial charge in [-0.15, -0.1) is 0 Å². The zero-order chi connectivity index (χ0) is 17.1. The van der Waals surface area contributed by atoms with Crippen LogP contribution in [-0.2, 0) is 18.3 Å². The molecule has 6 heteroatoms. The van der Waals surface area contributed by atoms with Crippen LogP contribution in [0.3, 0.4) is 0 Å². The smallest absolute Gasteiger partial charge is 0.226 e. The van der Waals surface area contributed by atoms with Crippen LogP contribution in [0.25, 0.3) is 0 Å². The number of imidazole rings is 1. The number of hydrogen-bond donors (Lipinski definition) is 1. The van der Waals surface area contributed by atoms with Crippen LogP contribution in [0.4, 0.5) is 4.39 Å². The van der Waals surface area contributed by atoms with E-state index in [4.69, 9.17) is 0 Å². The zero-order valence-corrected chi connectivity index (χ0v) is 14.1. The molecule has 1 aromatic carbocycles. The first-order valence-corrected chi connectivity index (χ1v) is 8.29. The fourth-order valence-corrected chi connectivity index (χ4v) is 3.26. The third kappa shape index (κ3) is 3.33. The Balaban J connectivity index is 1.76. The van der Waals surface area contributed by atoms with Crippen molar-refractivity contribution >= 4 is 5.91 Å². The van der Waals surface area contributed by atoms with E-state index in [0.717, 1.165) is 12.4 Å². The van der Waals surface area contributed by atoms with Gasteiger partial charge in [-0.05, 0) is 18.1 Å². The van der Waals surface area contributed by atoms with E-state index < -0.39 is 0 Å². The number of aromatic nitrogens is 2. The average molecular weight is 330 g/mol. The number of halogens is 1. The van der Waals surface area contributed by atoms with Crippen LogP contribution in [0.15, 0.2) is 36.7 Å². The highest BCUT2D eigenvalue weighted by molar-refractivity contribution is 5.79. The fraction of sp³-hybridized carbons (Fsp3) is 0.444. The molecule has 2 heterocycles. The van der Waals surface area contributed by atoms with Gasteiger partial charge in [-0.25, -0.2) is 9.37 Å². The van der Waals surface area contributed by atoms with Gasteiger partial charge in [0, 0.05) is 45.0 Å². The molecule has 0 bridgehead atoms. The van der Waals surface area contributed by atoms with Crippen molar-refractivity contribution < 1.29 is 9.18 Å². The highest BCUT2D eigenvalue weighted by Crippen LogP contribution is 2.24. The van der Waals surface area contributed by atoms with Crippen LogP contribution in [0.5, 0.6) is 0 Å². The maximum atomic E-state index is 13.9. The maximum Gasteiger partial charge on any atom is 0.226 e. The Morgan fingerprint density at radius 1 is 1.46 bits per heavy atom. The number of piperazine rings is 1. The Kier molecular flexibility index (Phi) is 4.94. The molecule has 1 fully saturated rings. The van der Waals surface area contributed by atoms with Crippen LogP contribution in [0.1, 0.15) is 24.4 Å². The Labute approximate surface area is 141 Å². The van der Waals surface area contributed by atoms with Crippen LogP contribution in [0.2, 0.25) is 0 Å². The third-order valence-corrected chi connectivity index (χ3v) is 4.59. The summed E-state index contributed by atoms with van der Waals surface area (Å²) < 4.78 is 15.8. The van der Waals surface area contributed by atoms with E-state index in [1.54, 1.807) is 24.4 Å². The van der Waals surface area contributed by atoms with E-state index in [-0.39, 0.29) is 23.7 Å². The van der Waals surface area contributed by atoms with Crippen molar-refractivity contribution in [3.05, 3.63) is 53.9 Å². The maximum absolute atomic E-state index is 13.9. The van der Waals surface area contributed by atoms with Gasteiger partial charge in [-0.3, -0.25) is 4.79 Å². The van der Waals surface area contributed by atoms with Gasteiger partial charge < -0.3 is 14.8 Å². The highest BCUT2D eigenvalue weighted by atomic mass is 19.1. The van der Waals surface area contributed by atoms with Crippen LogP contribution >= 0.6 is 0 Å². The van der Waals surface area contributed by atoms with Gasteiger partial charge in [0.15, 0.2) is 0 Å². The molecule has 2 aromatic rings. The molecule has 0 aliphatic carbocycles. The molecular weight excluding hydrogens is 307 g/mol. The second-order valence-electron chi connectivity index (χ2n) is 6.34. The van der Waals surface area contributed by atoms with Gasteiger partial charge in [0.05, 0.1) is 0 Å². The lowest BCUT2D eigenvalue weighted by Gasteiger charge is -2.37. The van der Waals surface area contributed by atoms with E-state index in [1.165, 1.54) is 6.07 Å². The minimum Gasteiger partial charge on any atom is -0.336 e. The molecule has 128 valence electrons. The summed E-state index contributed by atoms with van der Waals surface area (Å²) in [6.07, 6.45) is 4.04. The van der Waals surface area contributed by atoms with E-state index in [9.17, 15) is 9.18 Å². The minimum absolute atomic E-state index is 0.0488. The number of rotatable bonds is 4. The molecule has 1 aromatic heterocycles. The number of amides is 1. The Morgan fingerprint density at radius 3 is 2.96 bits per heavy atom. The monoisotopic (exact) mass is 330 g/mol. The van der Waals surface area contributed by atoms with E-state index >= 15 is 0 Å². The van der Waals surface area contributed by atoms with Crippen molar-refractivity contribution in [1.82, 2.24) is 19.8 Å². The number of carbonyl (C=O) groups excluding carboxylic acids is 1. The number of nitrogens with zero attached hydrogens (tertiary/aromatic N) is 3. The van der Waals surface area contributed by atoms with E-state index in [2.05, 4.69) is 10.3 Å². The number of aryl methyl sites for hydroxylation is 1. The van der Waals surface area contributed by atoms with Gasteiger partial charge in [0.1, 0.15) is 17.7 Å². The number of benzene rings is 1. The van der Waals surface area contributed by atoms with Crippen molar-refractivity contribution in [3.63, 3.8) is 0 Å². The number of carbonyl (C=O) groups is 1. The van der Waals surface area contributed by atoms with Crippen LogP contribution < -0.4 is 5.32 Å². The van der Waals surface area contributed by atoms with Crippen molar-refractivity contribution in [2.24, 2.45) is 13.0 Å². The average Bonchev–Trinajstić information content (AvgIpc) is 3.02. The second kappa shape index (κ2) is 7.13. The summed E-state index contributed by atoms with van der Waals surface area (Å²) in [7, 11) is 1.93. The van der Waals surface area contributed by atoms with Gasteiger partial charge in [-0.2, -0.15) is 0 Å². The summed E-state index contributed by atoms with van der Waals surface area (Å²) >= 11 is 0. The van der Waals surface area contributed by atoms with Crippen LogP contribution in [-0.4, -0.2) is 40.0 Å². The lowest BCUT2D eigenvalue weighted by molar-refractivity contribution is -0.138. The van der Waals surface area contributed by atoms with Crippen molar-refractivity contribution in [2.75, 3.05) is 19.6 Å². The number of hydrogen-bond acceptors (Lipinski definition) is 3. The topological polar surface area (TPSA) is 50.2 Å². The Bertz CT molecular complexity index is 715. The zero-order valence-electron chi connectivity index (χ0n) is 14.1. The first-order chi connectivity index (χ1) is 11.6. The molecule has 0 spiro atoms. The SMILES string of the molecule is CC(Cc1ccccc1F)C(=O)N1CCNCC1c1nccn1C. The van der Waals surface area contributed by atoms with Gasteiger partial charge >= 0.3 is 0 Å². The Morgan fingerprint density at radius 2 is 2.25 bits per heavy atom. The lowest BCUT2D eigenvalue weighted by atomic mass is 9.98. The summed E-state index contributed by atoms with van der Waals surface area (Å²) in [4.78, 5) is 19.2. The quantitative estimate of drug-likeness (QED) is 0.932. The van der Waals surface area contributed by atoms with Crippen molar-refractivity contribution in [1.29, 1.82) is 0 Å². The normalized spacial score (nSPS) is 19.3. The standard InChI is InChI=1S/C18H23FN4O/c1-13(11-14-5-3-4-6-15(14)19)18(24)23-10-7-20-12-16(23)17-21-8-9-22(17)2/h3-6,8-9,13,16,20H,7,10-12H2,1-2H3. The van der Waals surface area contributed by atoms with Gasteiger partial charge in [0.2, 0.25) is 5.91 Å². The summed E-state index contributed by atoms with van der Waals surface area (Å²) in [6.45, 7) is 3.95. The van der Waals surface area contributed by atoms with Crippen LogP contribution in [0, 0.1) is 11.7 Å². The molecule has 1 N–H and O–H groups in total. The second-order valence-corrected chi connectivity index (χ2v) is 6.34. The van der Waals surface area contributed by atoms with E-state index in [1.807, 2.05) is 29.6 Å². The molecule has 5 nitrogen and oxygen atoms in total. The molecule has 1 saturated heterocycles. The molecule has 1 aliphatic rings. The molecule has 2 unspecified atom stereocenters. The molecule has 1 aliphatic heterocycles. The summed E-state index contributed by atoms with van der Waals surface area (Å²) in [5, 5.41) is 3.33. The Hall–Kier alpha value is -2.21. The predicted molar refractivity (Wildman–Crippen MR) is 89.8 cm³/mol. The predicted octanol–water partition coefficient (Wildman–Crippen LogP) is 1.91. The van der Waals surface area contributed by atoms with Gasteiger partial charge in [0.25, 0.3) is 0 Å². The molecule has 0 radical (unpaired) electrons. The van der Waals surface area contributed by atoms with E-state index in [0.29, 0.717) is 25.1 Å². The number of nitrogens with one attached hydrogen (secondary N) is 1. The summed E-state index contributed by atoms with van der Waals surface area (Å²) in [6, 6.07) is 6.56. The molecule has 1 amide bonds. The van der Waals surface area contributed by atoms with Crippen molar-refractivity contribution in [2.45, 2.75) is 19.4 Å².